The quantitative estimate of drug-likeness (QED) is 0.850. The number of nitrogens with one attached hydrogen (secondary N) is 1. The second-order valence-corrected chi connectivity index (χ2v) is 6.00. The first-order valence-corrected chi connectivity index (χ1v) is 8.41. The van der Waals surface area contributed by atoms with E-state index in [1.807, 2.05) is 13.8 Å². The molecule has 0 bridgehead atoms. The van der Waals surface area contributed by atoms with Gasteiger partial charge in [-0.1, -0.05) is 11.6 Å². The van der Waals surface area contributed by atoms with Gasteiger partial charge in [-0.3, -0.25) is 9.59 Å². The minimum atomic E-state index is -0.373. The molecule has 2 aromatic carbocycles. The van der Waals surface area contributed by atoms with Crippen molar-refractivity contribution < 1.29 is 14.0 Å². The van der Waals surface area contributed by atoms with E-state index in [4.69, 9.17) is 11.6 Å². The summed E-state index contributed by atoms with van der Waals surface area (Å²) in [4.78, 5) is 26.3. The molecule has 2 rings (SSSR count). The summed E-state index contributed by atoms with van der Waals surface area (Å²) in [6.45, 7) is 6.57. The molecule has 25 heavy (non-hydrogen) atoms. The zero-order valence-electron chi connectivity index (χ0n) is 14.4. The predicted molar refractivity (Wildman–Crippen MR) is 97.8 cm³/mol. The van der Waals surface area contributed by atoms with Gasteiger partial charge in [0.25, 0.3) is 11.8 Å². The number of carbonyl (C=O) groups is 2. The molecule has 6 heteroatoms. The minimum Gasteiger partial charge on any atom is -0.339 e. The van der Waals surface area contributed by atoms with Crippen LogP contribution in [0.2, 0.25) is 5.02 Å². The van der Waals surface area contributed by atoms with Crippen molar-refractivity contribution in [3.05, 3.63) is 63.9 Å². The second kappa shape index (κ2) is 8.12. The Bertz CT molecular complexity index is 804. The lowest BCUT2D eigenvalue weighted by molar-refractivity contribution is 0.0773. The molecule has 0 aliphatic carbocycles. The van der Waals surface area contributed by atoms with E-state index in [1.165, 1.54) is 24.3 Å². The number of nitrogens with zero attached hydrogens (tertiary/aromatic N) is 1. The molecule has 0 fully saturated rings. The number of aryl methyl sites for hydroxylation is 1. The van der Waals surface area contributed by atoms with Crippen LogP contribution in [0.25, 0.3) is 0 Å². The van der Waals surface area contributed by atoms with Crippen LogP contribution in [0.4, 0.5) is 10.1 Å². The van der Waals surface area contributed by atoms with Crippen molar-refractivity contribution in [2.45, 2.75) is 20.8 Å². The Labute approximate surface area is 151 Å². The van der Waals surface area contributed by atoms with Crippen molar-refractivity contribution in [1.29, 1.82) is 0 Å². The van der Waals surface area contributed by atoms with Crippen molar-refractivity contribution in [3.63, 3.8) is 0 Å². The van der Waals surface area contributed by atoms with E-state index in [0.29, 0.717) is 35.5 Å². The molecular weight excluding hydrogens is 343 g/mol. The van der Waals surface area contributed by atoms with Gasteiger partial charge >= 0.3 is 0 Å². The molecule has 0 radical (unpaired) electrons. The first-order valence-electron chi connectivity index (χ1n) is 8.03. The molecule has 0 heterocycles. The highest BCUT2D eigenvalue weighted by Gasteiger charge is 2.17. The molecular formula is C19H20ClFN2O2. The van der Waals surface area contributed by atoms with Crippen LogP contribution < -0.4 is 5.32 Å². The highest BCUT2D eigenvalue weighted by Crippen LogP contribution is 2.23. The highest BCUT2D eigenvalue weighted by molar-refractivity contribution is 6.34. The lowest BCUT2D eigenvalue weighted by Crippen LogP contribution is -2.30. The summed E-state index contributed by atoms with van der Waals surface area (Å²) in [6, 6.07) is 8.89. The number of benzene rings is 2. The molecule has 0 aliphatic rings. The van der Waals surface area contributed by atoms with Crippen molar-refractivity contribution in [3.8, 4) is 0 Å². The Morgan fingerprint density at radius 1 is 1.12 bits per heavy atom. The highest BCUT2D eigenvalue weighted by atomic mass is 35.5. The summed E-state index contributed by atoms with van der Waals surface area (Å²) in [5.41, 5.74) is 1.60. The summed E-state index contributed by atoms with van der Waals surface area (Å²) in [5, 5.41) is 2.97. The van der Waals surface area contributed by atoms with Crippen LogP contribution in [0.3, 0.4) is 0 Å². The number of carbonyl (C=O) groups excluding carboxylic acids is 2. The molecule has 4 nitrogen and oxygen atoms in total. The average molecular weight is 363 g/mol. The monoisotopic (exact) mass is 362 g/mol. The van der Waals surface area contributed by atoms with Crippen molar-refractivity contribution in [1.82, 2.24) is 4.90 Å². The summed E-state index contributed by atoms with van der Waals surface area (Å²) in [7, 11) is 0. The normalized spacial score (nSPS) is 10.4. The van der Waals surface area contributed by atoms with Crippen LogP contribution >= 0.6 is 11.6 Å². The molecule has 0 atom stereocenters. The van der Waals surface area contributed by atoms with Gasteiger partial charge in [-0.15, -0.1) is 0 Å². The zero-order valence-corrected chi connectivity index (χ0v) is 15.2. The molecule has 0 saturated heterocycles. The number of amides is 2. The van der Waals surface area contributed by atoms with Gasteiger partial charge in [0.2, 0.25) is 0 Å². The Morgan fingerprint density at radius 3 is 2.36 bits per heavy atom. The zero-order chi connectivity index (χ0) is 18.6. The van der Waals surface area contributed by atoms with E-state index in [2.05, 4.69) is 5.32 Å². The topological polar surface area (TPSA) is 49.4 Å². The van der Waals surface area contributed by atoms with Gasteiger partial charge in [-0.05, 0) is 62.7 Å². The third-order valence-corrected chi connectivity index (χ3v) is 4.24. The third-order valence-electron chi connectivity index (χ3n) is 3.93. The van der Waals surface area contributed by atoms with E-state index in [1.54, 1.807) is 24.0 Å². The maximum Gasteiger partial charge on any atom is 0.255 e. The van der Waals surface area contributed by atoms with Crippen LogP contribution in [0.1, 0.15) is 40.1 Å². The van der Waals surface area contributed by atoms with Gasteiger partial charge < -0.3 is 10.2 Å². The number of hydrogen-bond donors (Lipinski definition) is 1. The molecule has 0 unspecified atom stereocenters. The number of rotatable bonds is 5. The second-order valence-electron chi connectivity index (χ2n) is 5.59. The third kappa shape index (κ3) is 4.37. The van der Waals surface area contributed by atoms with Crippen molar-refractivity contribution in [2.24, 2.45) is 0 Å². The standard InChI is InChI=1S/C19H20ClFN2O2/c1-4-23(5-2)19(25)15-8-7-14(11-16(15)20)22-18(24)13-6-9-17(21)12(3)10-13/h6-11H,4-5H2,1-3H3,(H,22,24). The van der Waals surface area contributed by atoms with Gasteiger partial charge in [0, 0.05) is 24.3 Å². The fourth-order valence-electron chi connectivity index (χ4n) is 2.44. The molecule has 2 amide bonds. The molecule has 0 aliphatic heterocycles. The fourth-order valence-corrected chi connectivity index (χ4v) is 2.70. The average Bonchev–Trinajstić information content (AvgIpc) is 2.58. The van der Waals surface area contributed by atoms with Gasteiger partial charge in [-0.25, -0.2) is 4.39 Å². The summed E-state index contributed by atoms with van der Waals surface area (Å²) < 4.78 is 13.3. The Balaban J connectivity index is 2.18. The van der Waals surface area contributed by atoms with Crippen LogP contribution in [0.15, 0.2) is 36.4 Å². The first-order chi connectivity index (χ1) is 11.9. The Hall–Kier alpha value is -2.40. The summed E-state index contributed by atoms with van der Waals surface area (Å²) in [6.07, 6.45) is 0. The molecule has 0 spiro atoms. The number of halogens is 2. The van der Waals surface area contributed by atoms with Gasteiger partial charge in [0.1, 0.15) is 5.82 Å². The number of anilines is 1. The largest absolute Gasteiger partial charge is 0.339 e. The van der Waals surface area contributed by atoms with Gasteiger partial charge in [0.05, 0.1) is 10.6 Å². The molecule has 0 saturated carbocycles. The molecule has 2 aromatic rings. The predicted octanol–water partition coefficient (Wildman–Crippen LogP) is 4.52. The lowest BCUT2D eigenvalue weighted by Gasteiger charge is -2.19. The Kier molecular flexibility index (Phi) is 6.15. The van der Waals surface area contributed by atoms with E-state index in [-0.39, 0.29) is 22.7 Å². The van der Waals surface area contributed by atoms with E-state index in [0.717, 1.165) is 0 Å². The summed E-state index contributed by atoms with van der Waals surface area (Å²) in [5.74, 6) is -0.886. The van der Waals surface area contributed by atoms with Crippen LogP contribution in [-0.2, 0) is 0 Å². The summed E-state index contributed by atoms with van der Waals surface area (Å²) >= 11 is 6.21. The molecule has 1 N–H and O–H groups in total. The van der Waals surface area contributed by atoms with E-state index < -0.39 is 0 Å². The van der Waals surface area contributed by atoms with Gasteiger partial charge in [-0.2, -0.15) is 0 Å². The molecule has 0 aromatic heterocycles. The van der Waals surface area contributed by atoms with Crippen LogP contribution in [0, 0.1) is 12.7 Å². The SMILES string of the molecule is CCN(CC)C(=O)c1ccc(NC(=O)c2ccc(F)c(C)c2)cc1Cl. The van der Waals surface area contributed by atoms with Crippen LogP contribution in [-0.4, -0.2) is 29.8 Å². The first kappa shape index (κ1) is 18.9. The van der Waals surface area contributed by atoms with Crippen molar-refractivity contribution >= 4 is 29.1 Å². The van der Waals surface area contributed by atoms with E-state index in [9.17, 15) is 14.0 Å². The van der Waals surface area contributed by atoms with Gasteiger partial charge in [0.15, 0.2) is 0 Å². The maximum atomic E-state index is 13.3. The maximum absolute atomic E-state index is 13.3. The minimum absolute atomic E-state index is 0.151. The smallest absolute Gasteiger partial charge is 0.255 e. The lowest BCUT2D eigenvalue weighted by atomic mass is 10.1. The van der Waals surface area contributed by atoms with Crippen LogP contribution in [0.5, 0.6) is 0 Å². The fraction of sp³-hybridized carbons (Fsp3) is 0.263. The number of hydrogen-bond acceptors (Lipinski definition) is 2. The van der Waals surface area contributed by atoms with E-state index >= 15 is 0 Å². The molecule has 132 valence electrons. The van der Waals surface area contributed by atoms with Crippen molar-refractivity contribution in [2.75, 3.05) is 18.4 Å². The Morgan fingerprint density at radius 2 is 1.80 bits per heavy atom.